The van der Waals surface area contributed by atoms with E-state index in [4.69, 9.17) is 9.47 Å². The van der Waals surface area contributed by atoms with Gasteiger partial charge in [-0.1, -0.05) is 19.1 Å². The average molecular weight is 326 g/mol. The molecule has 0 atom stereocenters. The molecule has 1 aliphatic heterocycles. The zero-order valence-electron chi connectivity index (χ0n) is 13.3. The van der Waals surface area contributed by atoms with Gasteiger partial charge in [-0.25, -0.2) is 0 Å². The van der Waals surface area contributed by atoms with Gasteiger partial charge in [0.15, 0.2) is 11.5 Å². The van der Waals surface area contributed by atoms with Crippen LogP contribution in [0.25, 0.3) is 0 Å². The molecule has 1 aliphatic rings. The molecule has 0 saturated carbocycles. The van der Waals surface area contributed by atoms with Crippen LogP contribution in [0.2, 0.25) is 0 Å². The third kappa shape index (κ3) is 3.32. The number of hydrogen-bond acceptors (Lipinski definition) is 4. The molecule has 0 saturated heterocycles. The monoisotopic (exact) mass is 326 g/mol. The topological polar surface area (TPSA) is 76.7 Å². The van der Waals surface area contributed by atoms with Gasteiger partial charge >= 0.3 is 0 Å². The molecule has 24 heavy (non-hydrogen) atoms. The highest BCUT2D eigenvalue weighted by molar-refractivity contribution is 6.09. The van der Waals surface area contributed by atoms with Crippen molar-refractivity contribution in [3.8, 4) is 11.5 Å². The number of amides is 2. The Bertz CT molecular complexity index is 773. The van der Waals surface area contributed by atoms with Crippen molar-refractivity contribution in [2.24, 2.45) is 0 Å². The second-order valence-electron chi connectivity index (χ2n) is 5.32. The first-order valence-corrected chi connectivity index (χ1v) is 7.77. The molecule has 124 valence electrons. The van der Waals surface area contributed by atoms with Crippen LogP contribution in [0.3, 0.4) is 0 Å². The van der Waals surface area contributed by atoms with Crippen LogP contribution in [0.15, 0.2) is 42.5 Å². The third-order valence-electron chi connectivity index (χ3n) is 3.59. The lowest BCUT2D eigenvalue weighted by Gasteiger charge is -2.11. The number of para-hydroxylation sites is 1. The Hall–Kier alpha value is -3.02. The van der Waals surface area contributed by atoms with Crippen LogP contribution in [0.1, 0.15) is 34.1 Å². The Kier molecular flexibility index (Phi) is 4.65. The molecular weight excluding hydrogens is 308 g/mol. The number of carbonyl (C=O) groups excluding carboxylic acids is 2. The minimum atomic E-state index is -0.316. The van der Waals surface area contributed by atoms with Crippen LogP contribution >= 0.6 is 0 Å². The van der Waals surface area contributed by atoms with Gasteiger partial charge in [-0.3, -0.25) is 9.59 Å². The van der Waals surface area contributed by atoms with Gasteiger partial charge in [-0.2, -0.15) is 0 Å². The fourth-order valence-corrected chi connectivity index (χ4v) is 2.36. The first-order valence-electron chi connectivity index (χ1n) is 7.77. The normalized spacial score (nSPS) is 11.9. The van der Waals surface area contributed by atoms with Crippen LogP contribution in [-0.2, 0) is 0 Å². The Labute approximate surface area is 139 Å². The van der Waals surface area contributed by atoms with E-state index in [0.717, 1.165) is 6.42 Å². The van der Waals surface area contributed by atoms with Crippen molar-refractivity contribution < 1.29 is 19.1 Å². The standard InChI is InChI=1S/C18H18N2O4/c1-2-9-19-18(22)13-5-3-4-6-14(13)20-17(21)12-7-8-15-16(10-12)24-11-23-15/h3-8,10H,2,9,11H2,1H3,(H,19,22)(H,20,21). The van der Waals surface area contributed by atoms with E-state index in [1.54, 1.807) is 42.5 Å². The van der Waals surface area contributed by atoms with Gasteiger partial charge in [0.1, 0.15) is 0 Å². The number of ether oxygens (including phenoxy) is 2. The van der Waals surface area contributed by atoms with Gasteiger partial charge in [0, 0.05) is 12.1 Å². The highest BCUT2D eigenvalue weighted by atomic mass is 16.7. The zero-order chi connectivity index (χ0) is 16.9. The Morgan fingerprint density at radius 1 is 1.04 bits per heavy atom. The SMILES string of the molecule is CCCNC(=O)c1ccccc1NC(=O)c1ccc2c(c1)OCO2. The quantitative estimate of drug-likeness (QED) is 0.886. The van der Waals surface area contributed by atoms with Crippen LogP contribution in [0, 0.1) is 0 Å². The van der Waals surface area contributed by atoms with Crippen molar-refractivity contribution in [2.75, 3.05) is 18.7 Å². The first kappa shape index (κ1) is 15.9. The molecule has 0 aromatic heterocycles. The largest absolute Gasteiger partial charge is 0.454 e. The minimum absolute atomic E-state index is 0.154. The summed E-state index contributed by atoms with van der Waals surface area (Å²) in [6.07, 6.45) is 0.845. The van der Waals surface area contributed by atoms with E-state index in [0.29, 0.717) is 34.9 Å². The molecule has 6 heteroatoms. The summed E-state index contributed by atoms with van der Waals surface area (Å²) in [5.74, 6) is 0.630. The van der Waals surface area contributed by atoms with E-state index in [1.165, 1.54) is 0 Å². The molecule has 2 aromatic rings. The second-order valence-corrected chi connectivity index (χ2v) is 5.32. The van der Waals surface area contributed by atoms with Gasteiger partial charge in [0.05, 0.1) is 11.3 Å². The average Bonchev–Trinajstić information content (AvgIpc) is 3.07. The van der Waals surface area contributed by atoms with E-state index in [2.05, 4.69) is 10.6 Å². The maximum atomic E-state index is 12.5. The maximum Gasteiger partial charge on any atom is 0.255 e. The van der Waals surface area contributed by atoms with Crippen molar-refractivity contribution in [1.82, 2.24) is 5.32 Å². The molecule has 1 heterocycles. The number of benzene rings is 2. The van der Waals surface area contributed by atoms with Crippen molar-refractivity contribution in [2.45, 2.75) is 13.3 Å². The van der Waals surface area contributed by atoms with Crippen molar-refractivity contribution in [3.05, 3.63) is 53.6 Å². The van der Waals surface area contributed by atoms with Crippen molar-refractivity contribution >= 4 is 17.5 Å². The molecule has 0 bridgehead atoms. The van der Waals surface area contributed by atoms with Gasteiger partial charge in [0.25, 0.3) is 11.8 Å². The number of carbonyl (C=O) groups is 2. The van der Waals surface area contributed by atoms with Crippen LogP contribution in [0.4, 0.5) is 5.69 Å². The zero-order valence-corrected chi connectivity index (χ0v) is 13.3. The van der Waals surface area contributed by atoms with E-state index in [1.807, 2.05) is 6.92 Å². The molecule has 0 fully saturated rings. The molecule has 0 aliphatic carbocycles. The van der Waals surface area contributed by atoms with Crippen LogP contribution in [0.5, 0.6) is 11.5 Å². The summed E-state index contributed by atoms with van der Waals surface area (Å²) in [5, 5.41) is 5.59. The van der Waals surface area contributed by atoms with E-state index >= 15 is 0 Å². The number of rotatable bonds is 5. The number of anilines is 1. The lowest BCUT2D eigenvalue weighted by Crippen LogP contribution is -2.25. The number of hydrogen-bond donors (Lipinski definition) is 2. The Balaban J connectivity index is 1.78. The molecule has 0 spiro atoms. The van der Waals surface area contributed by atoms with Gasteiger partial charge in [0.2, 0.25) is 6.79 Å². The number of nitrogens with one attached hydrogen (secondary N) is 2. The molecular formula is C18H18N2O4. The fourth-order valence-electron chi connectivity index (χ4n) is 2.36. The lowest BCUT2D eigenvalue weighted by molar-refractivity contribution is 0.0954. The van der Waals surface area contributed by atoms with Crippen LogP contribution < -0.4 is 20.1 Å². The van der Waals surface area contributed by atoms with E-state index in [-0.39, 0.29) is 18.6 Å². The van der Waals surface area contributed by atoms with E-state index in [9.17, 15) is 9.59 Å². The highest BCUT2D eigenvalue weighted by Crippen LogP contribution is 2.32. The maximum absolute atomic E-state index is 12.5. The Morgan fingerprint density at radius 3 is 2.67 bits per heavy atom. The summed E-state index contributed by atoms with van der Waals surface area (Å²) in [6.45, 7) is 2.72. The highest BCUT2D eigenvalue weighted by Gasteiger charge is 2.18. The molecule has 0 unspecified atom stereocenters. The predicted molar refractivity (Wildman–Crippen MR) is 89.6 cm³/mol. The second kappa shape index (κ2) is 7.04. The van der Waals surface area contributed by atoms with E-state index < -0.39 is 0 Å². The summed E-state index contributed by atoms with van der Waals surface area (Å²) in [4.78, 5) is 24.7. The first-order chi connectivity index (χ1) is 11.7. The summed E-state index contributed by atoms with van der Waals surface area (Å²) in [6, 6.07) is 11.9. The van der Waals surface area contributed by atoms with Crippen molar-refractivity contribution in [3.63, 3.8) is 0 Å². The Morgan fingerprint density at radius 2 is 1.83 bits per heavy atom. The van der Waals surface area contributed by atoms with Gasteiger partial charge in [-0.05, 0) is 36.8 Å². The molecule has 2 aromatic carbocycles. The van der Waals surface area contributed by atoms with Crippen molar-refractivity contribution in [1.29, 1.82) is 0 Å². The van der Waals surface area contributed by atoms with Gasteiger partial charge in [-0.15, -0.1) is 0 Å². The smallest absolute Gasteiger partial charge is 0.255 e. The number of fused-ring (bicyclic) bond motifs is 1. The minimum Gasteiger partial charge on any atom is -0.454 e. The lowest BCUT2D eigenvalue weighted by atomic mass is 10.1. The molecule has 2 amide bonds. The molecule has 6 nitrogen and oxygen atoms in total. The predicted octanol–water partition coefficient (Wildman–Crippen LogP) is 2.81. The molecule has 0 radical (unpaired) electrons. The fraction of sp³-hybridized carbons (Fsp3) is 0.222. The third-order valence-corrected chi connectivity index (χ3v) is 3.59. The van der Waals surface area contributed by atoms with Gasteiger partial charge < -0.3 is 20.1 Å². The summed E-state index contributed by atoms with van der Waals surface area (Å²) < 4.78 is 10.5. The van der Waals surface area contributed by atoms with Crippen LogP contribution in [-0.4, -0.2) is 25.2 Å². The molecule has 3 rings (SSSR count). The summed E-state index contributed by atoms with van der Waals surface area (Å²) in [7, 11) is 0. The summed E-state index contributed by atoms with van der Waals surface area (Å²) in [5.41, 5.74) is 1.33. The summed E-state index contributed by atoms with van der Waals surface area (Å²) >= 11 is 0. The molecule has 2 N–H and O–H groups in total.